The monoisotopic (exact) mass is 256 g/mol. The molecule has 0 fully saturated rings. The van der Waals surface area contributed by atoms with E-state index >= 15 is 0 Å². The Hall–Kier alpha value is -1.26. The third kappa shape index (κ3) is 5.06. The lowest BCUT2D eigenvalue weighted by molar-refractivity contribution is 0.151. The molecule has 0 aromatic heterocycles. The lowest BCUT2D eigenvalue weighted by Gasteiger charge is -2.11. The maximum Gasteiger partial charge on any atom is 0.411 e. The van der Waals surface area contributed by atoms with E-state index in [9.17, 15) is 4.79 Å². The van der Waals surface area contributed by atoms with Crippen molar-refractivity contribution in [3.05, 3.63) is 28.8 Å². The molecule has 0 radical (unpaired) electrons. The molecule has 0 atom stereocenters. The molecule has 0 unspecified atom stereocenters. The van der Waals surface area contributed by atoms with Gasteiger partial charge in [-0.25, -0.2) is 4.79 Å². The topological polar surface area (TPSA) is 41.6 Å². The Morgan fingerprint density at radius 2 is 2.18 bits per heavy atom. The number of halogens is 1. The molecule has 0 spiro atoms. The summed E-state index contributed by atoms with van der Waals surface area (Å²) in [6, 6.07) is 5.33. The number of ether oxygens (including phenoxy) is 1. The number of rotatable bonds is 4. The molecular weight excluding hydrogens is 240 g/mol. The van der Waals surface area contributed by atoms with E-state index in [4.69, 9.17) is 16.3 Å². The molecule has 17 heavy (non-hydrogen) atoms. The van der Waals surface area contributed by atoms with Crippen molar-refractivity contribution in [3.8, 4) is 0 Å². The first-order valence-corrected chi connectivity index (χ1v) is 5.71. The number of anilines is 1. The normalized spacial score (nSPS) is 10.4. The maximum absolute atomic E-state index is 11.4. The number of carbonyl (C=O) groups excluding carboxylic acids is 1. The van der Waals surface area contributed by atoms with Gasteiger partial charge in [0.05, 0.1) is 0 Å². The Morgan fingerprint density at radius 1 is 1.47 bits per heavy atom. The Bertz CT molecular complexity index is 394. The first kappa shape index (κ1) is 13.8. The van der Waals surface area contributed by atoms with Gasteiger partial charge in [0.15, 0.2) is 0 Å². The molecule has 4 nitrogen and oxygen atoms in total. The van der Waals surface area contributed by atoms with Crippen molar-refractivity contribution in [2.24, 2.45) is 0 Å². The number of hydrogen-bond acceptors (Lipinski definition) is 3. The number of nitrogens with zero attached hydrogens (tertiary/aromatic N) is 1. The number of benzene rings is 1. The van der Waals surface area contributed by atoms with Crippen molar-refractivity contribution in [3.63, 3.8) is 0 Å². The fourth-order valence-electron chi connectivity index (χ4n) is 1.15. The molecule has 0 aliphatic heterocycles. The van der Waals surface area contributed by atoms with Gasteiger partial charge in [0.25, 0.3) is 0 Å². The first-order chi connectivity index (χ1) is 7.99. The van der Waals surface area contributed by atoms with Crippen molar-refractivity contribution < 1.29 is 9.53 Å². The first-order valence-electron chi connectivity index (χ1n) is 5.33. The number of carbonyl (C=O) groups is 1. The molecule has 0 bridgehead atoms. The molecule has 1 N–H and O–H groups in total. The van der Waals surface area contributed by atoms with Crippen LogP contribution in [-0.2, 0) is 4.74 Å². The average molecular weight is 257 g/mol. The number of hydrogen-bond donors (Lipinski definition) is 1. The van der Waals surface area contributed by atoms with Crippen molar-refractivity contribution >= 4 is 23.4 Å². The van der Waals surface area contributed by atoms with Crippen LogP contribution in [0.1, 0.15) is 5.56 Å². The van der Waals surface area contributed by atoms with Crippen molar-refractivity contribution in [2.75, 3.05) is 32.6 Å². The Labute approximate surface area is 107 Å². The van der Waals surface area contributed by atoms with E-state index in [-0.39, 0.29) is 0 Å². The molecule has 1 aromatic carbocycles. The summed E-state index contributed by atoms with van der Waals surface area (Å²) in [5.74, 6) is 0. The predicted molar refractivity (Wildman–Crippen MR) is 69.7 cm³/mol. The Morgan fingerprint density at radius 3 is 2.76 bits per heavy atom. The minimum Gasteiger partial charge on any atom is -0.448 e. The third-order valence-electron chi connectivity index (χ3n) is 2.19. The summed E-state index contributed by atoms with van der Waals surface area (Å²) in [6.07, 6.45) is -0.466. The van der Waals surface area contributed by atoms with Crippen LogP contribution in [-0.4, -0.2) is 38.2 Å². The van der Waals surface area contributed by atoms with Crippen LogP contribution in [0, 0.1) is 6.92 Å². The quantitative estimate of drug-likeness (QED) is 0.901. The summed E-state index contributed by atoms with van der Waals surface area (Å²) in [5.41, 5.74) is 1.61. The second kappa shape index (κ2) is 6.47. The van der Waals surface area contributed by atoms with Crippen LogP contribution in [0.5, 0.6) is 0 Å². The van der Waals surface area contributed by atoms with Crippen LogP contribution in [0.25, 0.3) is 0 Å². The van der Waals surface area contributed by atoms with E-state index in [1.807, 2.05) is 32.0 Å². The van der Waals surface area contributed by atoms with Crippen molar-refractivity contribution in [2.45, 2.75) is 6.92 Å². The van der Waals surface area contributed by atoms with Gasteiger partial charge in [-0.05, 0) is 38.7 Å². The summed E-state index contributed by atoms with van der Waals surface area (Å²) in [5, 5.41) is 3.24. The highest BCUT2D eigenvalue weighted by molar-refractivity contribution is 6.31. The summed E-state index contributed by atoms with van der Waals surface area (Å²) in [4.78, 5) is 13.3. The average Bonchev–Trinajstić information content (AvgIpc) is 2.23. The van der Waals surface area contributed by atoms with E-state index < -0.39 is 6.09 Å². The van der Waals surface area contributed by atoms with Gasteiger partial charge in [0, 0.05) is 17.3 Å². The Balaban J connectivity index is 2.42. The van der Waals surface area contributed by atoms with E-state index in [2.05, 4.69) is 5.32 Å². The molecule has 1 amide bonds. The fraction of sp³-hybridized carbons (Fsp3) is 0.417. The molecule has 0 aliphatic rings. The molecule has 1 rings (SSSR count). The minimum atomic E-state index is -0.466. The van der Waals surface area contributed by atoms with Gasteiger partial charge in [-0.1, -0.05) is 17.7 Å². The number of nitrogens with one attached hydrogen (secondary N) is 1. The van der Waals surface area contributed by atoms with Gasteiger partial charge in [0.1, 0.15) is 6.61 Å². The van der Waals surface area contributed by atoms with Crippen LogP contribution in [0.4, 0.5) is 10.5 Å². The van der Waals surface area contributed by atoms with Crippen LogP contribution in [0.15, 0.2) is 18.2 Å². The minimum absolute atomic E-state index is 0.360. The molecule has 94 valence electrons. The zero-order chi connectivity index (χ0) is 12.8. The third-order valence-corrected chi connectivity index (χ3v) is 2.60. The van der Waals surface area contributed by atoms with Crippen LogP contribution in [0.2, 0.25) is 5.02 Å². The summed E-state index contributed by atoms with van der Waals surface area (Å²) in [7, 11) is 3.84. The summed E-state index contributed by atoms with van der Waals surface area (Å²) in [6.45, 7) is 2.96. The van der Waals surface area contributed by atoms with Crippen molar-refractivity contribution in [1.82, 2.24) is 4.90 Å². The Kier molecular flexibility index (Phi) is 5.25. The molecule has 5 heteroatoms. The van der Waals surface area contributed by atoms with Gasteiger partial charge >= 0.3 is 6.09 Å². The molecule has 1 aromatic rings. The largest absolute Gasteiger partial charge is 0.448 e. The van der Waals surface area contributed by atoms with Crippen LogP contribution in [0.3, 0.4) is 0 Å². The van der Waals surface area contributed by atoms with Gasteiger partial charge in [-0.2, -0.15) is 0 Å². The zero-order valence-corrected chi connectivity index (χ0v) is 11.0. The van der Waals surface area contributed by atoms with Crippen LogP contribution < -0.4 is 5.32 Å². The number of amides is 1. The number of aryl methyl sites for hydroxylation is 1. The summed E-state index contributed by atoms with van der Waals surface area (Å²) >= 11 is 5.94. The SMILES string of the molecule is Cc1ccc(NC(=O)OCCN(C)C)cc1Cl. The highest BCUT2D eigenvalue weighted by Gasteiger charge is 2.04. The highest BCUT2D eigenvalue weighted by Crippen LogP contribution is 2.19. The van der Waals surface area contributed by atoms with E-state index in [1.165, 1.54) is 0 Å². The lowest BCUT2D eigenvalue weighted by atomic mass is 10.2. The standard InChI is InChI=1S/C12H17ClN2O2/c1-9-4-5-10(8-11(9)13)14-12(16)17-7-6-15(2)3/h4-5,8H,6-7H2,1-3H3,(H,14,16). The molecule has 0 heterocycles. The van der Waals surface area contributed by atoms with Crippen LogP contribution >= 0.6 is 11.6 Å². The van der Waals surface area contributed by atoms with E-state index in [1.54, 1.807) is 12.1 Å². The second-order valence-electron chi connectivity index (χ2n) is 4.03. The molecule has 0 saturated carbocycles. The highest BCUT2D eigenvalue weighted by atomic mass is 35.5. The predicted octanol–water partition coefficient (Wildman–Crippen LogP) is 2.76. The smallest absolute Gasteiger partial charge is 0.411 e. The maximum atomic E-state index is 11.4. The fourth-order valence-corrected chi connectivity index (χ4v) is 1.33. The van der Waals surface area contributed by atoms with E-state index in [0.717, 1.165) is 5.56 Å². The zero-order valence-electron chi connectivity index (χ0n) is 10.3. The van der Waals surface area contributed by atoms with Gasteiger partial charge in [0.2, 0.25) is 0 Å². The van der Waals surface area contributed by atoms with E-state index in [0.29, 0.717) is 23.9 Å². The van der Waals surface area contributed by atoms with Gasteiger partial charge < -0.3 is 9.64 Å². The molecular formula is C12H17ClN2O2. The molecule has 0 saturated heterocycles. The summed E-state index contributed by atoms with van der Waals surface area (Å²) < 4.78 is 4.99. The molecule has 0 aliphatic carbocycles. The lowest BCUT2D eigenvalue weighted by Crippen LogP contribution is -2.22. The van der Waals surface area contributed by atoms with Crippen molar-refractivity contribution in [1.29, 1.82) is 0 Å². The van der Waals surface area contributed by atoms with Gasteiger partial charge in [-0.15, -0.1) is 0 Å². The second-order valence-corrected chi connectivity index (χ2v) is 4.44. The number of likely N-dealkylation sites (N-methyl/N-ethyl adjacent to an activating group) is 1. The van der Waals surface area contributed by atoms with Gasteiger partial charge in [-0.3, -0.25) is 5.32 Å².